The highest BCUT2D eigenvalue weighted by Gasteiger charge is 1.94. The third-order valence-electron chi connectivity index (χ3n) is 1.58. The molecule has 0 saturated heterocycles. The largest absolute Gasteiger partial charge is 0.328 e. The Morgan fingerprint density at radius 3 is 2.75 bits per heavy atom. The average Bonchev–Trinajstić information content (AvgIpc) is 2.36. The summed E-state index contributed by atoms with van der Waals surface area (Å²) in [6.45, 7) is 0.590. The van der Waals surface area contributed by atoms with E-state index in [4.69, 9.17) is 11.6 Å². The van der Waals surface area contributed by atoms with Crippen molar-refractivity contribution >= 4 is 11.6 Å². The Morgan fingerprint density at radius 1 is 1.50 bits per heavy atom. The van der Waals surface area contributed by atoms with Crippen molar-refractivity contribution in [1.29, 1.82) is 0 Å². The Balaban J connectivity index is 2.70. The summed E-state index contributed by atoms with van der Waals surface area (Å²) in [7, 11) is 1.73. The number of aryl methyl sites for hydroxylation is 1. The monoisotopic (exact) mass is 186 g/mol. The van der Waals surface area contributed by atoms with Crippen LogP contribution in [0.2, 0.25) is 0 Å². The molecular weight excluding hydrogens is 176 g/mol. The summed E-state index contributed by atoms with van der Waals surface area (Å²) in [5.74, 6) is 0.488. The van der Waals surface area contributed by atoms with E-state index < -0.39 is 0 Å². The Morgan fingerprint density at radius 2 is 2.25 bits per heavy atom. The number of halogens is 1. The summed E-state index contributed by atoms with van der Waals surface area (Å²) in [6.07, 6.45) is 7.17. The fourth-order valence-corrected chi connectivity index (χ4v) is 1.03. The van der Waals surface area contributed by atoms with Crippen LogP contribution in [0.3, 0.4) is 0 Å². The fraction of sp³-hybridized carbons (Fsp3) is 0.375. The van der Waals surface area contributed by atoms with Gasteiger partial charge in [-0.25, -0.2) is 4.79 Å². The van der Waals surface area contributed by atoms with Crippen LogP contribution in [0.1, 0.15) is 0 Å². The lowest BCUT2D eigenvalue weighted by Gasteiger charge is -1.92. The lowest BCUT2D eigenvalue weighted by atomic mass is 10.5. The Kier molecular flexibility index (Phi) is 3.17. The van der Waals surface area contributed by atoms with E-state index in [0.717, 1.165) is 0 Å². The molecule has 0 amide bonds. The molecule has 0 unspecified atom stereocenters. The highest BCUT2D eigenvalue weighted by Crippen LogP contribution is 1.85. The molecule has 0 fully saturated rings. The van der Waals surface area contributed by atoms with Gasteiger partial charge in [0.15, 0.2) is 0 Å². The van der Waals surface area contributed by atoms with Gasteiger partial charge in [-0.15, -0.1) is 11.6 Å². The first-order valence-electron chi connectivity index (χ1n) is 3.68. The zero-order valence-electron chi connectivity index (χ0n) is 6.90. The number of hydrogen-bond acceptors (Lipinski definition) is 1. The van der Waals surface area contributed by atoms with Gasteiger partial charge < -0.3 is 4.57 Å². The number of allylic oxidation sites excluding steroid dienone is 2. The summed E-state index contributed by atoms with van der Waals surface area (Å²) in [6, 6.07) is 0. The van der Waals surface area contributed by atoms with Crippen LogP contribution in [0.4, 0.5) is 0 Å². The van der Waals surface area contributed by atoms with Crippen molar-refractivity contribution in [3.63, 3.8) is 0 Å². The van der Waals surface area contributed by atoms with Gasteiger partial charge in [0.1, 0.15) is 0 Å². The second kappa shape index (κ2) is 4.16. The van der Waals surface area contributed by atoms with Gasteiger partial charge in [0.25, 0.3) is 0 Å². The number of nitrogens with zero attached hydrogens (tertiary/aromatic N) is 2. The van der Waals surface area contributed by atoms with Crippen LogP contribution < -0.4 is 5.69 Å². The van der Waals surface area contributed by atoms with Crippen molar-refractivity contribution in [3.8, 4) is 0 Å². The van der Waals surface area contributed by atoms with Crippen molar-refractivity contribution < 1.29 is 0 Å². The molecule has 4 heteroatoms. The topological polar surface area (TPSA) is 26.9 Å². The molecule has 0 atom stereocenters. The van der Waals surface area contributed by atoms with E-state index in [1.807, 2.05) is 12.2 Å². The van der Waals surface area contributed by atoms with Crippen LogP contribution in [0, 0.1) is 0 Å². The molecule has 1 aromatic heterocycles. The van der Waals surface area contributed by atoms with Crippen LogP contribution in [-0.2, 0) is 13.6 Å². The smallest absolute Gasteiger partial charge is 0.302 e. The molecule has 3 nitrogen and oxygen atoms in total. The van der Waals surface area contributed by atoms with E-state index >= 15 is 0 Å². The minimum Gasteiger partial charge on any atom is -0.302 e. The minimum absolute atomic E-state index is 0.00535. The minimum atomic E-state index is -0.00535. The molecule has 1 rings (SSSR count). The second-order valence-electron chi connectivity index (χ2n) is 2.47. The van der Waals surface area contributed by atoms with Crippen molar-refractivity contribution in [1.82, 2.24) is 9.13 Å². The second-order valence-corrected chi connectivity index (χ2v) is 2.78. The quantitative estimate of drug-likeness (QED) is 0.511. The van der Waals surface area contributed by atoms with E-state index in [-0.39, 0.29) is 5.69 Å². The number of aromatic nitrogens is 2. The maximum absolute atomic E-state index is 11.2. The standard InChI is InChI=1S/C8H11ClN2O/c1-10-6-7-11(8(10)12)5-3-2-4-9/h2-3,6-7H,4-5H2,1H3/b3-2+. The molecule has 0 spiro atoms. The van der Waals surface area contributed by atoms with Crippen molar-refractivity contribution in [2.45, 2.75) is 6.54 Å². The van der Waals surface area contributed by atoms with E-state index in [1.165, 1.54) is 4.57 Å². The van der Waals surface area contributed by atoms with E-state index in [9.17, 15) is 4.79 Å². The van der Waals surface area contributed by atoms with Gasteiger partial charge in [-0.3, -0.25) is 4.57 Å². The maximum Gasteiger partial charge on any atom is 0.328 e. The van der Waals surface area contributed by atoms with Gasteiger partial charge in [-0.1, -0.05) is 12.2 Å². The molecule has 0 aromatic carbocycles. The highest BCUT2D eigenvalue weighted by atomic mass is 35.5. The molecule has 1 aromatic rings. The van der Waals surface area contributed by atoms with Gasteiger partial charge in [-0.2, -0.15) is 0 Å². The fourth-order valence-electron chi connectivity index (χ4n) is 0.901. The zero-order chi connectivity index (χ0) is 8.97. The van der Waals surface area contributed by atoms with Crippen LogP contribution in [-0.4, -0.2) is 15.0 Å². The molecular formula is C8H11ClN2O. The molecule has 0 aliphatic carbocycles. The maximum atomic E-state index is 11.2. The van der Waals surface area contributed by atoms with Gasteiger partial charge in [0.05, 0.1) is 0 Å². The van der Waals surface area contributed by atoms with Crippen LogP contribution in [0.5, 0.6) is 0 Å². The molecule has 0 bridgehead atoms. The third-order valence-corrected chi connectivity index (χ3v) is 1.75. The molecule has 0 aliphatic heterocycles. The summed E-state index contributed by atoms with van der Waals surface area (Å²) in [5.41, 5.74) is -0.00535. The van der Waals surface area contributed by atoms with E-state index in [0.29, 0.717) is 12.4 Å². The SMILES string of the molecule is Cn1ccn(C/C=C/CCl)c1=O. The van der Waals surface area contributed by atoms with Crippen molar-refractivity contribution in [3.05, 3.63) is 35.0 Å². The molecule has 0 radical (unpaired) electrons. The van der Waals surface area contributed by atoms with Gasteiger partial charge >= 0.3 is 5.69 Å². The number of imidazole rings is 1. The summed E-state index contributed by atoms with van der Waals surface area (Å²) < 4.78 is 3.15. The first-order chi connectivity index (χ1) is 5.75. The summed E-state index contributed by atoms with van der Waals surface area (Å²) >= 11 is 5.43. The van der Waals surface area contributed by atoms with Gasteiger partial charge in [0.2, 0.25) is 0 Å². The number of hydrogen-bond donors (Lipinski definition) is 0. The lowest BCUT2D eigenvalue weighted by Crippen LogP contribution is -2.21. The Bertz CT molecular complexity index is 324. The zero-order valence-corrected chi connectivity index (χ0v) is 7.66. The Hall–Kier alpha value is -0.960. The Labute approximate surface area is 75.9 Å². The normalized spacial score (nSPS) is 11.2. The van der Waals surface area contributed by atoms with Crippen LogP contribution >= 0.6 is 11.6 Å². The predicted molar refractivity (Wildman–Crippen MR) is 49.5 cm³/mol. The number of alkyl halides is 1. The van der Waals surface area contributed by atoms with Crippen LogP contribution in [0.25, 0.3) is 0 Å². The van der Waals surface area contributed by atoms with Gasteiger partial charge in [0, 0.05) is 31.9 Å². The molecule has 1 heterocycles. The third kappa shape index (κ3) is 2.01. The summed E-state index contributed by atoms with van der Waals surface area (Å²) in [5, 5.41) is 0. The first-order valence-corrected chi connectivity index (χ1v) is 4.22. The number of rotatable bonds is 3. The van der Waals surface area contributed by atoms with Crippen LogP contribution in [0.15, 0.2) is 29.3 Å². The average molecular weight is 187 g/mol. The molecule has 0 N–H and O–H groups in total. The predicted octanol–water partition coefficient (Wildman–Crippen LogP) is 0.982. The van der Waals surface area contributed by atoms with E-state index in [1.54, 1.807) is 24.0 Å². The van der Waals surface area contributed by atoms with Gasteiger partial charge in [-0.05, 0) is 0 Å². The summed E-state index contributed by atoms with van der Waals surface area (Å²) in [4.78, 5) is 11.2. The van der Waals surface area contributed by atoms with E-state index in [2.05, 4.69) is 0 Å². The highest BCUT2D eigenvalue weighted by molar-refractivity contribution is 6.18. The molecule has 0 saturated carbocycles. The van der Waals surface area contributed by atoms with Crippen molar-refractivity contribution in [2.75, 3.05) is 5.88 Å². The molecule has 66 valence electrons. The van der Waals surface area contributed by atoms with Crippen molar-refractivity contribution in [2.24, 2.45) is 7.05 Å². The lowest BCUT2D eigenvalue weighted by molar-refractivity contribution is 0.730. The first kappa shape index (κ1) is 9.13. The molecule has 12 heavy (non-hydrogen) atoms. The molecule has 0 aliphatic rings.